The standard InChI is InChI=1S/C11H12BrO/c12-11-6-10(7-13-8-11)9-4-2-1-3-5-9/h1-5,7,10-11H,6,8H2. The minimum Gasteiger partial charge on any atom is -0.374 e. The van der Waals surface area contributed by atoms with E-state index in [0.29, 0.717) is 10.7 Å². The lowest BCUT2D eigenvalue weighted by atomic mass is 9.94. The van der Waals surface area contributed by atoms with Crippen LogP contribution in [-0.4, -0.2) is 11.4 Å². The number of halogens is 1. The second-order valence-corrected chi connectivity index (χ2v) is 4.61. The number of hydrogen-bond acceptors (Lipinski definition) is 1. The average molecular weight is 240 g/mol. The molecule has 2 atom stereocenters. The molecule has 0 aliphatic carbocycles. The van der Waals surface area contributed by atoms with E-state index >= 15 is 0 Å². The van der Waals surface area contributed by atoms with Crippen LogP contribution in [0.5, 0.6) is 0 Å². The zero-order valence-corrected chi connectivity index (χ0v) is 8.91. The van der Waals surface area contributed by atoms with E-state index in [0.717, 1.165) is 13.0 Å². The fourth-order valence-corrected chi connectivity index (χ4v) is 2.15. The van der Waals surface area contributed by atoms with Gasteiger partial charge in [-0.1, -0.05) is 46.3 Å². The Balaban J connectivity index is 2.08. The van der Waals surface area contributed by atoms with E-state index in [1.807, 2.05) is 12.7 Å². The third kappa shape index (κ3) is 2.32. The highest BCUT2D eigenvalue weighted by molar-refractivity contribution is 9.09. The maximum absolute atomic E-state index is 5.38. The number of ether oxygens (including phenoxy) is 1. The molecule has 0 aromatic heterocycles. The monoisotopic (exact) mass is 239 g/mol. The van der Waals surface area contributed by atoms with E-state index in [9.17, 15) is 0 Å². The van der Waals surface area contributed by atoms with E-state index in [4.69, 9.17) is 4.74 Å². The number of alkyl halides is 1. The molecule has 1 aliphatic rings. The van der Waals surface area contributed by atoms with E-state index < -0.39 is 0 Å². The molecule has 1 saturated heterocycles. The summed E-state index contributed by atoms with van der Waals surface area (Å²) < 4.78 is 5.38. The highest BCUT2D eigenvalue weighted by atomic mass is 79.9. The Labute approximate surface area is 87.2 Å². The van der Waals surface area contributed by atoms with E-state index in [1.54, 1.807) is 0 Å². The van der Waals surface area contributed by atoms with Crippen molar-refractivity contribution in [2.24, 2.45) is 0 Å². The van der Waals surface area contributed by atoms with Crippen molar-refractivity contribution >= 4 is 15.9 Å². The summed E-state index contributed by atoms with van der Waals surface area (Å²) in [5, 5.41) is 0. The Kier molecular flexibility index (Phi) is 3.01. The molecule has 1 radical (unpaired) electrons. The van der Waals surface area contributed by atoms with Crippen molar-refractivity contribution in [1.82, 2.24) is 0 Å². The first-order valence-corrected chi connectivity index (χ1v) is 5.42. The third-order valence-corrected chi connectivity index (χ3v) is 2.91. The van der Waals surface area contributed by atoms with Crippen molar-refractivity contribution in [3.8, 4) is 0 Å². The minimum absolute atomic E-state index is 0.444. The molecular weight excluding hydrogens is 228 g/mol. The van der Waals surface area contributed by atoms with Crippen molar-refractivity contribution < 1.29 is 4.74 Å². The Morgan fingerprint density at radius 2 is 2.00 bits per heavy atom. The zero-order chi connectivity index (χ0) is 9.10. The molecule has 0 amide bonds. The second-order valence-electron chi connectivity index (χ2n) is 3.32. The molecule has 13 heavy (non-hydrogen) atoms. The minimum atomic E-state index is 0.444. The fourth-order valence-electron chi connectivity index (χ4n) is 1.59. The van der Waals surface area contributed by atoms with Gasteiger partial charge in [0.25, 0.3) is 0 Å². The van der Waals surface area contributed by atoms with Crippen LogP contribution in [-0.2, 0) is 4.74 Å². The molecule has 0 N–H and O–H groups in total. The van der Waals surface area contributed by atoms with Gasteiger partial charge in [0.05, 0.1) is 13.2 Å². The molecule has 69 valence electrons. The Morgan fingerprint density at radius 1 is 1.23 bits per heavy atom. The lowest BCUT2D eigenvalue weighted by Gasteiger charge is -2.25. The smallest absolute Gasteiger partial charge is 0.0911 e. The van der Waals surface area contributed by atoms with Gasteiger partial charge in [-0.3, -0.25) is 0 Å². The van der Waals surface area contributed by atoms with Crippen LogP contribution < -0.4 is 0 Å². The van der Waals surface area contributed by atoms with Crippen LogP contribution in [0.15, 0.2) is 30.3 Å². The first kappa shape index (κ1) is 9.22. The molecule has 1 aromatic rings. The molecule has 1 aliphatic heterocycles. The summed E-state index contributed by atoms with van der Waals surface area (Å²) in [4.78, 5) is 0.489. The normalized spacial score (nSPS) is 28.7. The van der Waals surface area contributed by atoms with Crippen LogP contribution in [0.4, 0.5) is 0 Å². The summed E-state index contributed by atoms with van der Waals surface area (Å²) in [7, 11) is 0. The lowest BCUT2D eigenvalue weighted by Crippen LogP contribution is -2.20. The second kappa shape index (κ2) is 4.25. The first-order chi connectivity index (χ1) is 6.36. The summed E-state index contributed by atoms with van der Waals surface area (Å²) in [6.07, 6.45) is 1.13. The van der Waals surface area contributed by atoms with Crippen molar-refractivity contribution in [3.05, 3.63) is 42.5 Å². The summed E-state index contributed by atoms with van der Waals surface area (Å²) >= 11 is 3.58. The molecule has 2 heteroatoms. The Morgan fingerprint density at radius 3 is 2.69 bits per heavy atom. The van der Waals surface area contributed by atoms with Crippen molar-refractivity contribution in [2.75, 3.05) is 6.61 Å². The van der Waals surface area contributed by atoms with Gasteiger partial charge in [-0.25, -0.2) is 0 Å². The average Bonchev–Trinajstić information content (AvgIpc) is 2.19. The molecule has 1 fully saturated rings. The van der Waals surface area contributed by atoms with Crippen molar-refractivity contribution in [2.45, 2.75) is 17.2 Å². The summed E-state index contributed by atoms with van der Waals surface area (Å²) in [6.45, 7) is 2.75. The van der Waals surface area contributed by atoms with Crippen LogP contribution in [0.2, 0.25) is 0 Å². The van der Waals surface area contributed by atoms with E-state index in [1.165, 1.54) is 5.56 Å². The maximum atomic E-state index is 5.38. The predicted molar refractivity (Wildman–Crippen MR) is 56.8 cm³/mol. The van der Waals surface area contributed by atoms with Gasteiger partial charge < -0.3 is 4.74 Å². The first-order valence-electron chi connectivity index (χ1n) is 4.50. The summed E-state index contributed by atoms with van der Waals surface area (Å²) in [6, 6.07) is 10.5. The molecule has 2 rings (SSSR count). The van der Waals surface area contributed by atoms with Gasteiger partial charge >= 0.3 is 0 Å². The highest BCUT2D eigenvalue weighted by Crippen LogP contribution is 2.30. The van der Waals surface area contributed by atoms with Crippen LogP contribution in [0.3, 0.4) is 0 Å². The van der Waals surface area contributed by atoms with Crippen LogP contribution in [0, 0.1) is 6.61 Å². The maximum Gasteiger partial charge on any atom is 0.0911 e. The van der Waals surface area contributed by atoms with Crippen LogP contribution in [0.1, 0.15) is 17.9 Å². The van der Waals surface area contributed by atoms with Gasteiger partial charge in [-0.2, -0.15) is 0 Å². The molecular formula is C11H12BrO. The SMILES string of the molecule is BrC1CO[CH]C(c2ccccc2)C1. The largest absolute Gasteiger partial charge is 0.374 e. The Hall–Kier alpha value is -0.340. The van der Waals surface area contributed by atoms with Crippen LogP contribution in [0.25, 0.3) is 0 Å². The molecule has 1 heterocycles. The number of benzene rings is 1. The van der Waals surface area contributed by atoms with Crippen molar-refractivity contribution in [3.63, 3.8) is 0 Å². The lowest BCUT2D eigenvalue weighted by molar-refractivity contribution is 0.147. The molecule has 1 nitrogen and oxygen atoms in total. The quantitative estimate of drug-likeness (QED) is 0.685. The third-order valence-electron chi connectivity index (χ3n) is 2.27. The summed E-state index contributed by atoms with van der Waals surface area (Å²) in [5.41, 5.74) is 1.34. The predicted octanol–water partition coefficient (Wildman–Crippen LogP) is 3.12. The molecule has 0 spiro atoms. The van der Waals surface area contributed by atoms with E-state index in [-0.39, 0.29) is 0 Å². The zero-order valence-electron chi connectivity index (χ0n) is 7.32. The van der Waals surface area contributed by atoms with Gasteiger partial charge in [0.1, 0.15) is 0 Å². The van der Waals surface area contributed by atoms with Gasteiger partial charge in [-0.05, 0) is 12.0 Å². The summed E-state index contributed by atoms with van der Waals surface area (Å²) in [5.74, 6) is 0.444. The molecule has 0 saturated carbocycles. The van der Waals surface area contributed by atoms with Gasteiger partial charge in [0.2, 0.25) is 0 Å². The van der Waals surface area contributed by atoms with Crippen LogP contribution >= 0.6 is 15.9 Å². The highest BCUT2D eigenvalue weighted by Gasteiger charge is 2.21. The fraction of sp³-hybridized carbons (Fsp3) is 0.364. The van der Waals surface area contributed by atoms with Gasteiger partial charge in [0.15, 0.2) is 0 Å². The topological polar surface area (TPSA) is 9.23 Å². The number of rotatable bonds is 1. The number of hydrogen-bond donors (Lipinski definition) is 0. The molecule has 0 bridgehead atoms. The molecule has 2 unspecified atom stereocenters. The molecule has 1 aromatic carbocycles. The van der Waals surface area contributed by atoms with Crippen molar-refractivity contribution in [1.29, 1.82) is 0 Å². The Bertz CT molecular complexity index is 260. The van der Waals surface area contributed by atoms with E-state index in [2.05, 4.69) is 40.2 Å². The van der Waals surface area contributed by atoms with Gasteiger partial charge in [-0.15, -0.1) is 0 Å². The van der Waals surface area contributed by atoms with Gasteiger partial charge in [0, 0.05) is 10.7 Å².